The smallest absolute Gasteiger partial charge is 0.106 e. The van der Waals surface area contributed by atoms with Gasteiger partial charge in [-0.05, 0) is 36.8 Å². The zero-order valence-electron chi connectivity index (χ0n) is 7.68. The van der Waals surface area contributed by atoms with Crippen LogP contribution in [0.5, 0.6) is 0 Å². The Morgan fingerprint density at radius 1 is 1.38 bits per heavy atom. The van der Waals surface area contributed by atoms with Crippen molar-refractivity contribution in [1.82, 2.24) is 4.98 Å². The molecule has 1 heterocycles. The summed E-state index contributed by atoms with van der Waals surface area (Å²) >= 11 is 0. The molecule has 0 fully saturated rings. The van der Waals surface area contributed by atoms with Crippen molar-refractivity contribution in [3.05, 3.63) is 24.4 Å². The van der Waals surface area contributed by atoms with Gasteiger partial charge in [-0.15, -0.1) is 0 Å². The van der Waals surface area contributed by atoms with Crippen LogP contribution in [0.15, 0.2) is 29.4 Å². The number of aromatic nitrogens is 1. The van der Waals surface area contributed by atoms with Crippen molar-refractivity contribution in [2.24, 2.45) is 0 Å². The number of aliphatic hydroxyl groups excluding tert-OH is 1. The zero-order chi connectivity index (χ0) is 9.68. The van der Waals surface area contributed by atoms with E-state index in [1.165, 1.54) is 0 Å². The molecule has 1 N–H and O–H groups in total. The number of aliphatic hydroxyl groups is 1. The molecule has 4 heteroatoms. The van der Waals surface area contributed by atoms with Gasteiger partial charge in [0, 0.05) is 11.4 Å². The summed E-state index contributed by atoms with van der Waals surface area (Å²) in [6.45, 7) is 3.81. The van der Waals surface area contributed by atoms with Crippen molar-refractivity contribution in [1.29, 1.82) is 0 Å². The molecule has 1 aromatic rings. The third kappa shape index (κ3) is 4.02. The van der Waals surface area contributed by atoms with E-state index in [9.17, 15) is 5.11 Å². The van der Waals surface area contributed by atoms with Crippen LogP contribution in [0.1, 0.15) is 13.8 Å². The summed E-state index contributed by atoms with van der Waals surface area (Å²) in [7, 11) is 3.24. The molecule has 0 spiro atoms. The van der Waals surface area contributed by atoms with E-state index in [1.54, 1.807) is 34.7 Å². The van der Waals surface area contributed by atoms with Crippen molar-refractivity contribution in [3.8, 4) is 0 Å². The summed E-state index contributed by atoms with van der Waals surface area (Å²) in [5.74, 6) is 0. The van der Waals surface area contributed by atoms with Gasteiger partial charge in [-0.1, -0.05) is 16.9 Å². The van der Waals surface area contributed by atoms with E-state index in [1.807, 2.05) is 25.1 Å². The fourth-order valence-corrected chi connectivity index (χ4v) is 2.78. The standard InChI is InChI=1S/C9H13NOS2/c1-7(11)8(2)12-13-9-5-3-4-6-10-9/h3-8,11H,1-2H3/t7-,8+/m1/s1. The Kier molecular flexibility index (Phi) is 4.62. The highest BCUT2D eigenvalue weighted by Crippen LogP contribution is 2.33. The van der Waals surface area contributed by atoms with E-state index in [2.05, 4.69) is 4.98 Å². The van der Waals surface area contributed by atoms with Gasteiger partial charge in [0.25, 0.3) is 0 Å². The van der Waals surface area contributed by atoms with E-state index >= 15 is 0 Å². The number of rotatable bonds is 4. The van der Waals surface area contributed by atoms with E-state index in [-0.39, 0.29) is 11.4 Å². The summed E-state index contributed by atoms with van der Waals surface area (Å²) in [4.78, 5) is 4.17. The largest absolute Gasteiger partial charge is 0.392 e. The molecule has 0 radical (unpaired) electrons. The zero-order valence-corrected chi connectivity index (χ0v) is 9.31. The minimum atomic E-state index is -0.277. The van der Waals surface area contributed by atoms with E-state index in [0.717, 1.165) is 5.03 Å². The Balaban J connectivity index is 2.35. The predicted octanol–water partition coefficient (Wildman–Crippen LogP) is 2.59. The molecule has 72 valence electrons. The molecule has 0 amide bonds. The lowest BCUT2D eigenvalue weighted by Gasteiger charge is -2.12. The van der Waals surface area contributed by atoms with Gasteiger partial charge in [-0.3, -0.25) is 0 Å². The van der Waals surface area contributed by atoms with E-state index < -0.39 is 0 Å². The Morgan fingerprint density at radius 3 is 2.69 bits per heavy atom. The molecule has 13 heavy (non-hydrogen) atoms. The number of pyridine rings is 1. The minimum Gasteiger partial charge on any atom is -0.392 e. The maximum Gasteiger partial charge on any atom is 0.106 e. The molecular formula is C9H13NOS2. The first-order valence-electron chi connectivity index (χ1n) is 4.12. The lowest BCUT2D eigenvalue weighted by atomic mass is 10.3. The average Bonchev–Trinajstić information content (AvgIpc) is 2.15. The van der Waals surface area contributed by atoms with E-state index in [4.69, 9.17) is 0 Å². The van der Waals surface area contributed by atoms with Crippen molar-refractivity contribution in [3.63, 3.8) is 0 Å². The first-order valence-corrected chi connectivity index (χ1v) is 6.34. The second kappa shape index (κ2) is 5.52. The number of nitrogens with zero attached hydrogens (tertiary/aromatic N) is 1. The van der Waals surface area contributed by atoms with Crippen LogP contribution in [0.3, 0.4) is 0 Å². The van der Waals surface area contributed by atoms with Gasteiger partial charge in [0.2, 0.25) is 0 Å². The quantitative estimate of drug-likeness (QED) is 0.783. The Labute approximate surface area is 86.6 Å². The number of hydrogen-bond acceptors (Lipinski definition) is 4. The number of hydrogen-bond donors (Lipinski definition) is 1. The maximum absolute atomic E-state index is 9.24. The first-order chi connectivity index (χ1) is 6.20. The van der Waals surface area contributed by atoms with E-state index in [0.29, 0.717) is 0 Å². The van der Waals surface area contributed by atoms with Crippen LogP contribution >= 0.6 is 21.6 Å². The van der Waals surface area contributed by atoms with Crippen LogP contribution in [0.25, 0.3) is 0 Å². The second-order valence-electron chi connectivity index (χ2n) is 2.79. The van der Waals surface area contributed by atoms with Crippen molar-refractivity contribution >= 4 is 21.6 Å². The average molecular weight is 215 g/mol. The summed E-state index contributed by atoms with van der Waals surface area (Å²) in [5.41, 5.74) is 0. The lowest BCUT2D eigenvalue weighted by molar-refractivity contribution is 0.197. The summed E-state index contributed by atoms with van der Waals surface area (Å²) in [6, 6.07) is 5.82. The third-order valence-electron chi connectivity index (χ3n) is 1.60. The highest BCUT2D eigenvalue weighted by Gasteiger charge is 2.09. The molecule has 0 aliphatic carbocycles. The Morgan fingerprint density at radius 2 is 2.15 bits per heavy atom. The molecule has 0 unspecified atom stereocenters. The van der Waals surface area contributed by atoms with Gasteiger partial charge in [0.1, 0.15) is 5.03 Å². The van der Waals surface area contributed by atoms with Crippen LogP contribution in [-0.2, 0) is 0 Å². The summed E-state index contributed by atoms with van der Waals surface area (Å²) < 4.78 is 0. The fraction of sp³-hybridized carbons (Fsp3) is 0.444. The maximum atomic E-state index is 9.24. The summed E-state index contributed by atoms with van der Waals surface area (Å²) in [5, 5.41) is 10.5. The molecule has 1 rings (SSSR count). The monoisotopic (exact) mass is 215 g/mol. The van der Waals surface area contributed by atoms with Gasteiger partial charge in [0.15, 0.2) is 0 Å². The second-order valence-corrected chi connectivity index (χ2v) is 5.39. The van der Waals surface area contributed by atoms with Crippen LogP contribution in [0.4, 0.5) is 0 Å². The van der Waals surface area contributed by atoms with Gasteiger partial charge in [-0.25, -0.2) is 4.98 Å². The summed E-state index contributed by atoms with van der Waals surface area (Å²) in [6.07, 6.45) is 1.50. The molecule has 0 aliphatic rings. The van der Waals surface area contributed by atoms with Gasteiger partial charge in [0.05, 0.1) is 6.10 Å². The minimum absolute atomic E-state index is 0.229. The third-order valence-corrected chi connectivity index (χ3v) is 4.52. The van der Waals surface area contributed by atoms with Crippen LogP contribution in [-0.4, -0.2) is 21.4 Å². The van der Waals surface area contributed by atoms with Gasteiger partial charge >= 0.3 is 0 Å². The fourth-order valence-electron chi connectivity index (χ4n) is 0.602. The molecular weight excluding hydrogens is 202 g/mol. The molecule has 0 aromatic carbocycles. The normalized spacial score (nSPS) is 15.3. The topological polar surface area (TPSA) is 33.1 Å². The van der Waals surface area contributed by atoms with Gasteiger partial charge in [-0.2, -0.15) is 0 Å². The SMILES string of the molecule is C[C@H](SSc1ccccn1)[C@@H](C)O. The van der Waals surface area contributed by atoms with Crippen LogP contribution in [0.2, 0.25) is 0 Å². The Hall–Kier alpha value is -0.190. The predicted molar refractivity (Wildman–Crippen MR) is 58.8 cm³/mol. The molecule has 1 aromatic heterocycles. The molecule has 0 bridgehead atoms. The molecule has 2 atom stereocenters. The highest BCUT2D eigenvalue weighted by atomic mass is 33.1. The molecule has 0 aliphatic heterocycles. The molecule has 2 nitrogen and oxygen atoms in total. The lowest BCUT2D eigenvalue weighted by Crippen LogP contribution is -2.13. The first kappa shape index (κ1) is 10.9. The molecule has 0 saturated heterocycles. The van der Waals surface area contributed by atoms with Gasteiger partial charge < -0.3 is 5.11 Å². The van der Waals surface area contributed by atoms with Crippen LogP contribution in [0, 0.1) is 0 Å². The highest BCUT2D eigenvalue weighted by molar-refractivity contribution is 8.76. The van der Waals surface area contributed by atoms with Crippen molar-refractivity contribution in [2.45, 2.75) is 30.2 Å². The Bertz CT molecular complexity index is 241. The molecule has 0 saturated carbocycles. The van der Waals surface area contributed by atoms with Crippen molar-refractivity contribution < 1.29 is 5.11 Å². The van der Waals surface area contributed by atoms with Crippen molar-refractivity contribution in [2.75, 3.05) is 0 Å². The van der Waals surface area contributed by atoms with Crippen LogP contribution < -0.4 is 0 Å².